The van der Waals surface area contributed by atoms with E-state index in [4.69, 9.17) is 4.74 Å². The Balaban J connectivity index is 1.79. The molecule has 4 nitrogen and oxygen atoms in total. The fourth-order valence-electron chi connectivity index (χ4n) is 1.99. The first-order chi connectivity index (χ1) is 9.69. The lowest BCUT2D eigenvalue weighted by Gasteiger charge is -2.11. The monoisotopic (exact) mass is 276 g/mol. The van der Waals surface area contributed by atoms with Crippen molar-refractivity contribution in [2.75, 3.05) is 25.0 Å². The fourth-order valence-corrected chi connectivity index (χ4v) is 1.99. The Morgan fingerprint density at radius 3 is 2.85 bits per heavy atom. The molecule has 110 valence electrons. The SMILES string of the molecule is CCCOc1ccc(NC(=O)CNCC2CC2)c(C)c1. The van der Waals surface area contributed by atoms with Gasteiger partial charge < -0.3 is 15.4 Å². The van der Waals surface area contributed by atoms with Crippen molar-refractivity contribution in [2.45, 2.75) is 33.1 Å². The predicted molar refractivity (Wildman–Crippen MR) is 81.2 cm³/mol. The zero-order valence-electron chi connectivity index (χ0n) is 12.4. The third-order valence-electron chi connectivity index (χ3n) is 3.36. The first-order valence-corrected chi connectivity index (χ1v) is 7.43. The molecule has 0 heterocycles. The molecule has 2 N–H and O–H groups in total. The van der Waals surface area contributed by atoms with Gasteiger partial charge in [-0.15, -0.1) is 0 Å². The molecule has 1 aliphatic rings. The Bertz CT molecular complexity index is 456. The lowest BCUT2D eigenvalue weighted by molar-refractivity contribution is -0.115. The summed E-state index contributed by atoms with van der Waals surface area (Å²) in [4.78, 5) is 11.8. The Hall–Kier alpha value is -1.55. The summed E-state index contributed by atoms with van der Waals surface area (Å²) in [5.74, 6) is 1.66. The first-order valence-electron chi connectivity index (χ1n) is 7.43. The van der Waals surface area contributed by atoms with Gasteiger partial charge in [-0.3, -0.25) is 4.79 Å². The van der Waals surface area contributed by atoms with Crippen molar-refractivity contribution in [1.82, 2.24) is 5.32 Å². The number of amides is 1. The van der Waals surface area contributed by atoms with Crippen molar-refractivity contribution in [1.29, 1.82) is 0 Å². The van der Waals surface area contributed by atoms with E-state index < -0.39 is 0 Å². The molecule has 0 bridgehead atoms. The van der Waals surface area contributed by atoms with Crippen LogP contribution in [0.15, 0.2) is 18.2 Å². The summed E-state index contributed by atoms with van der Waals surface area (Å²) in [5.41, 5.74) is 1.88. The second-order valence-electron chi connectivity index (χ2n) is 5.45. The zero-order valence-corrected chi connectivity index (χ0v) is 12.4. The van der Waals surface area contributed by atoms with Crippen molar-refractivity contribution >= 4 is 11.6 Å². The molecule has 1 aromatic carbocycles. The minimum Gasteiger partial charge on any atom is -0.494 e. The van der Waals surface area contributed by atoms with Gasteiger partial charge in [-0.05, 0) is 62.4 Å². The third kappa shape index (κ3) is 4.85. The summed E-state index contributed by atoms with van der Waals surface area (Å²) in [5, 5.41) is 6.12. The van der Waals surface area contributed by atoms with E-state index in [1.54, 1.807) is 0 Å². The van der Waals surface area contributed by atoms with Gasteiger partial charge in [0.15, 0.2) is 0 Å². The molecule has 2 rings (SSSR count). The first kappa shape index (κ1) is 14.9. The minimum atomic E-state index is 0.0102. The van der Waals surface area contributed by atoms with Gasteiger partial charge in [0.05, 0.1) is 13.2 Å². The van der Waals surface area contributed by atoms with Crippen LogP contribution in [0.1, 0.15) is 31.7 Å². The van der Waals surface area contributed by atoms with Crippen LogP contribution >= 0.6 is 0 Å². The zero-order chi connectivity index (χ0) is 14.4. The number of carbonyl (C=O) groups is 1. The van der Waals surface area contributed by atoms with Gasteiger partial charge in [0.1, 0.15) is 5.75 Å². The number of benzene rings is 1. The van der Waals surface area contributed by atoms with Crippen LogP contribution in [0.4, 0.5) is 5.69 Å². The quantitative estimate of drug-likeness (QED) is 0.767. The molecular weight excluding hydrogens is 252 g/mol. The van der Waals surface area contributed by atoms with Crippen molar-refractivity contribution in [3.05, 3.63) is 23.8 Å². The summed E-state index contributed by atoms with van der Waals surface area (Å²) < 4.78 is 5.57. The Morgan fingerprint density at radius 2 is 2.20 bits per heavy atom. The van der Waals surface area contributed by atoms with Gasteiger partial charge in [0.2, 0.25) is 5.91 Å². The van der Waals surface area contributed by atoms with E-state index in [2.05, 4.69) is 17.6 Å². The molecule has 0 aromatic heterocycles. The molecule has 0 saturated heterocycles. The summed E-state index contributed by atoms with van der Waals surface area (Å²) >= 11 is 0. The van der Waals surface area contributed by atoms with Crippen LogP contribution in [0.3, 0.4) is 0 Å². The van der Waals surface area contributed by atoms with Gasteiger partial charge >= 0.3 is 0 Å². The maximum atomic E-state index is 11.8. The topological polar surface area (TPSA) is 50.4 Å². The van der Waals surface area contributed by atoms with Gasteiger partial charge in [0, 0.05) is 5.69 Å². The minimum absolute atomic E-state index is 0.0102. The average Bonchev–Trinajstić information content (AvgIpc) is 3.23. The third-order valence-corrected chi connectivity index (χ3v) is 3.36. The molecule has 1 amide bonds. The van der Waals surface area contributed by atoms with E-state index in [9.17, 15) is 4.79 Å². The maximum Gasteiger partial charge on any atom is 0.238 e. The van der Waals surface area contributed by atoms with Gasteiger partial charge in [-0.25, -0.2) is 0 Å². The van der Waals surface area contributed by atoms with E-state index in [0.717, 1.165) is 42.5 Å². The molecule has 1 aromatic rings. The normalized spacial score (nSPS) is 14.1. The Kier molecular flexibility index (Phi) is 5.41. The van der Waals surface area contributed by atoms with Crippen molar-refractivity contribution < 1.29 is 9.53 Å². The van der Waals surface area contributed by atoms with Crippen LogP contribution in [0, 0.1) is 12.8 Å². The molecule has 4 heteroatoms. The second-order valence-corrected chi connectivity index (χ2v) is 5.45. The highest BCUT2D eigenvalue weighted by Gasteiger charge is 2.20. The lowest BCUT2D eigenvalue weighted by Crippen LogP contribution is -2.29. The van der Waals surface area contributed by atoms with Gasteiger partial charge in [0.25, 0.3) is 0 Å². The molecule has 1 fully saturated rings. The van der Waals surface area contributed by atoms with Crippen LogP contribution in [0.5, 0.6) is 5.75 Å². The van der Waals surface area contributed by atoms with Gasteiger partial charge in [-0.2, -0.15) is 0 Å². The largest absolute Gasteiger partial charge is 0.494 e. The fraction of sp³-hybridized carbons (Fsp3) is 0.562. The Morgan fingerprint density at radius 1 is 1.40 bits per heavy atom. The molecule has 0 unspecified atom stereocenters. The smallest absolute Gasteiger partial charge is 0.238 e. The molecule has 0 spiro atoms. The number of anilines is 1. The molecule has 20 heavy (non-hydrogen) atoms. The van der Waals surface area contributed by atoms with Crippen LogP contribution in [0.25, 0.3) is 0 Å². The number of ether oxygens (including phenoxy) is 1. The van der Waals surface area contributed by atoms with E-state index in [1.165, 1.54) is 12.8 Å². The lowest BCUT2D eigenvalue weighted by atomic mass is 10.2. The summed E-state index contributed by atoms with van der Waals surface area (Å²) in [6, 6.07) is 5.76. The predicted octanol–water partition coefficient (Wildman–Crippen LogP) is 2.72. The van der Waals surface area contributed by atoms with E-state index >= 15 is 0 Å². The summed E-state index contributed by atoms with van der Waals surface area (Å²) in [7, 11) is 0. The van der Waals surface area contributed by atoms with Crippen molar-refractivity contribution in [3.8, 4) is 5.75 Å². The van der Waals surface area contributed by atoms with E-state index in [0.29, 0.717) is 6.54 Å². The van der Waals surface area contributed by atoms with Gasteiger partial charge in [-0.1, -0.05) is 6.92 Å². The number of carbonyl (C=O) groups excluding carboxylic acids is 1. The number of hydrogen-bond donors (Lipinski definition) is 2. The highest BCUT2D eigenvalue weighted by molar-refractivity contribution is 5.93. The van der Waals surface area contributed by atoms with E-state index in [1.807, 2.05) is 25.1 Å². The standard InChI is InChI=1S/C16H24N2O2/c1-3-8-20-14-6-7-15(12(2)9-14)18-16(19)11-17-10-13-4-5-13/h6-7,9,13,17H,3-5,8,10-11H2,1-2H3,(H,18,19). The van der Waals surface area contributed by atoms with Crippen LogP contribution in [-0.2, 0) is 4.79 Å². The second kappa shape index (κ2) is 7.29. The summed E-state index contributed by atoms with van der Waals surface area (Å²) in [6.07, 6.45) is 3.59. The number of nitrogens with one attached hydrogen (secondary N) is 2. The molecule has 0 radical (unpaired) electrons. The molecule has 1 aliphatic carbocycles. The highest BCUT2D eigenvalue weighted by atomic mass is 16.5. The molecular formula is C16H24N2O2. The molecule has 1 saturated carbocycles. The van der Waals surface area contributed by atoms with E-state index in [-0.39, 0.29) is 5.91 Å². The number of hydrogen-bond acceptors (Lipinski definition) is 3. The van der Waals surface area contributed by atoms with Crippen LogP contribution in [-0.4, -0.2) is 25.6 Å². The van der Waals surface area contributed by atoms with Crippen LogP contribution < -0.4 is 15.4 Å². The number of rotatable bonds is 8. The maximum absolute atomic E-state index is 11.8. The highest BCUT2D eigenvalue weighted by Crippen LogP contribution is 2.27. The summed E-state index contributed by atoms with van der Waals surface area (Å²) in [6.45, 7) is 6.11. The van der Waals surface area contributed by atoms with Crippen molar-refractivity contribution in [3.63, 3.8) is 0 Å². The number of aryl methyl sites for hydroxylation is 1. The van der Waals surface area contributed by atoms with Crippen LogP contribution in [0.2, 0.25) is 0 Å². The molecule has 0 aliphatic heterocycles. The molecule has 0 atom stereocenters. The average molecular weight is 276 g/mol. The van der Waals surface area contributed by atoms with Crippen molar-refractivity contribution in [2.24, 2.45) is 5.92 Å². The Labute approximate surface area is 120 Å².